The van der Waals surface area contributed by atoms with Crippen LogP contribution < -0.4 is 4.74 Å². The van der Waals surface area contributed by atoms with Crippen LogP contribution in [0.3, 0.4) is 0 Å². The van der Waals surface area contributed by atoms with Gasteiger partial charge in [0.05, 0.1) is 7.11 Å². The summed E-state index contributed by atoms with van der Waals surface area (Å²) in [5.74, 6) is -0.0301. The van der Waals surface area contributed by atoms with Gasteiger partial charge in [0.1, 0.15) is 0 Å². The van der Waals surface area contributed by atoms with Crippen LogP contribution in [-0.4, -0.2) is 7.11 Å². The summed E-state index contributed by atoms with van der Waals surface area (Å²) < 4.78 is 17.1. The highest BCUT2D eigenvalue weighted by Crippen LogP contribution is 2.13. The lowest BCUT2D eigenvalue weighted by atomic mass is 10.3. The first kappa shape index (κ1) is 11.0. The summed E-state index contributed by atoms with van der Waals surface area (Å²) in [7, 11) is 1.44. The fourth-order valence-electron chi connectivity index (χ4n) is 0.610. The van der Waals surface area contributed by atoms with Crippen LogP contribution in [0.1, 0.15) is 20.3 Å². The molecule has 0 saturated heterocycles. The quantitative estimate of drug-likeness (QED) is 0.628. The summed E-state index contributed by atoms with van der Waals surface area (Å²) in [4.78, 5) is 0. The van der Waals surface area contributed by atoms with Crippen LogP contribution in [0.4, 0.5) is 4.39 Å². The Balaban J connectivity index is 0.000000354. The number of methoxy groups -OCH3 is 1. The molecule has 0 aliphatic heterocycles. The van der Waals surface area contributed by atoms with Crippen LogP contribution in [0, 0.1) is 5.82 Å². The largest absolute Gasteiger partial charge is 0.494 e. The van der Waals surface area contributed by atoms with Crippen molar-refractivity contribution in [3.05, 3.63) is 30.1 Å². The van der Waals surface area contributed by atoms with Gasteiger partial charge in [0, 0.05) is 0 Å². The van der Waals surface area contributed by atoms with Crippen molar-refractivity contribution < 1.29 is 9.13 Å². The first-order chi connectivity index (χ1) is 5.76. The number of ether oxygens (including phenoxy) is 1. The van der Waals surface area contributed by atoms with E-state index in [1.165, 1.54) is 19.6 Å². The minimum Gasteiger partial charge on any atom is -0.494 e. The van der Waals surface area contributed by atoms with E-state index >= 15 is 0 Å². The van der Waals surface area contributed by atoms with Gasteiger partial charge in [0.2, 0.25) is 0 Å². The standard InChI is InChI=1S/C7H7FO.C3H8/c1-9-7-5-3-2-4-6(7)8;1-3-2/h2-5H,1H3;3H2,1-2H3. The second kappa shape index (κ2) is 6.65. The van der Waals surface area contributed by atoms with Crippen molar-refractivity contribution in [2.24, 2.45) is 0 Å². The average Bonchev–Trinajstić information content (AvgIpc) is 2.07. The van der Waals surface area contributed by atoms with Gasteiger partial charge in [-0.05, 0) is 12.1 Å². The maximum Gasteiger partial charge on any atom is 0.165 e. The minimum atomic E-state index is -0.319. The molecule has 2 heteroatoms. The lowest BCUT2D eigenvalue weighted by Crippen LogP contribution is -1.85. The lowest BCUT2D eigenvalue weighted by molar-refractivity contribution is 0.386. The van der Waals surface area contributed by atoms with Crippen LogP contribution in [0.2, 0.25) is 0 Å². The molecule has 0 spiro atoms. The Bertz CT molecular complexity index is 211. The molecule has 0 radical (unpaired) electrons. The zero-order valence-corrected chi connectivity index (χ0v) is 7.80. The molecule has 1 aromatic carbocycles. The van der Waals surface area contributed by atoms with Crippen molar-refractivity contribution in [2.75, 3.05) is 7.11 Å². The molecule has 0 aliphatic carbocycles. The Morgan fingerprint density at radius 3 is 2.08 bits per heavy atom. The second-order valence-corrected chi connectivity index (χ2v) is 2.34. The van der Waals surface area contributed by atoms with Gasteiger partial charge in [-0.2, -0.15) is 0 Å². The van der Waals surface area contributed by atoms with Crippen molar-refractivity contribution in [3.63, 3.8) is 0 Å². The van der Waals surface area contributed by atoms with Gasteiger partial charge in [0.15, 0.2) is 11.6 Å². The fourth-order valence-corrected chi connectivity index (χ4v) is 0.610. The molecule has 0 fully saturated rings. The molecule has 1 aromatic rings. The van der Waals surface area contributed by atoms with Crippen molar-refractivity contribution in [3.8, 4) is 5.75 Å². The molecule has 0 atom stereocenters. The summed E-state index contributed by atoms with van der Waals surface area (Å²) in [5.41, 5.74) is 0. The molecule has 12 heavy (non-hydrogen) atoms. The van der Waals surface area contributed by atoms with Crippen LogP contribution in [-0.2, 0) is 0 Å². The van der Waals surface area contributed by atoms with E-state index in [9.17, 15) is 4.39 Å². The van der Waals surface area contributed by atoms with Gasteiger partial charge < -0.3 is 4.74 Å². The predicted octanol–water partition coefficient (Wildman–Crippen LogP) is 3.25. The summed E-state index contributed by atoms with van der Waals surface area (Å²) >= 11 is 0. The van der Waals surface area contributed by atoms with Crippen molar-refractivity contribution in [2.45, 2.75) is 20.3 Å². The van der Waals surface area contributed by atoms with Gasteiger partial charge in [-0.25, -0.2) is 4.39 Å². The zero-order valence-electron chi connectivity index (χ0n) is 7.80. The van der Waals surface area contributed by atoms with E-state index in [1.807, 2.05) is 0 Å². The Morgan fingerprint density at radius 2 is 1.75 bits per heavy atom. The maximum absolute atomic E-state index is 12.5. The van der Waals surface area contributed by atoms with Crippen LogP contribution in [0.15, 0.2) is 24.3 Å². The van der Waals surface area contributed by atoms with Gasteiger partial charge in [0.25, 0.3) is 0 Å². The highest BCUT2D eigenvalue weighted by atomic mass is 19.1. The molecule has 1 nitrogen and oxygen atoms in total. The fraction of sp³-hybridized carbons (Fsp3) is 0.400. The number of hydrogen-bond acceptors (Lipinski definition) is 1. The molecular weight excluding hydrogens is 155 g/mol. The number of benzene rings is 1. The zero-order chi connectivity index (χ0) is 9.40. The minimum absolute atomic E-state index is 0.289. The van der Waals surface area contributed by atoms with Gasteiger partial charge in [-0.1, -0.05) is 32.4 Å². The molecule has 0 heterocycles. The van der Waals surface area contributed by atoms with Gasteiger partial charge >= 0.3 is 0 Å². The van der Waals surface area contributed by atoms with E-state index in [-0.39, 0.29) is 11.6 Å². The summed E-state index contributed by atoms with van der Waals surface area (Å²) in [5, 5.41) is 0. The number of hydrogen-bond donors (Lipinski definition) is 0. The third-order valence-electron chi connectivity index (χ3n) is 1.06. The van der Waals surface area contributed by atoms with Crippen molar-refractivity contribution >= 4 is 0 Å². The van der Waals surface area contributed by atoms with E-state index in [0.717, 1.165) is 0 Å². The summed E-state index contributed by atoms with van der Waals surface area (Å²) in [6.45, 7) is 4.25. The summed E-state index contributed by atoms with van der Waals surface area (Å²) in [6, 6.07) is 6.29. The maximum atomic E-state index is 12.5. The topological polar surface area (TPSA) is 9.23 Å². The highest BCUT2D eigenvalue weighted by molar-refractivity contribution is 5.23. The Labute approximate surface area is 73.2 Å². The smallest absolute Gasteiger partial charge is 0.165 e. The predicted molar refractivity (Wildman–Crippen MR) is 48.9 cm³/mol. The van der Waals surface area contributed by atoms with E-state index < -0.39 is 0 Å². The van der Waals surface area contributed by atoms with Crippen LogP contribution in [0.5, 0.6) is 5.75 Å². The van der Waals surface area contributed by atoms with Crippen LogP contribution in [0.25, 0.3) is 0 Å². The van der Waals surface area contributed by atoms with Crippen molar-refractivity contribution in [1.82, 2.24) is 0 Å². The van der Waals surface area contributed by atoms with Crippen LogP contribution >= 0.6 is 0 Å². The van der Waals surface area contributed by atoms with E-state index in [0.29, 0.717) is 0 Å². The molecule has 68 valence electrons. The highest BCUT2D eigenvalue weighted by Gasteiger charge is 1.95. The number of para-hydroxylation sites is 1. The number of rotatable bonds is 1. The number of halogens is 1. The molecule has 1 rings (SSSR count). The Hall–Kier alpha value is -1.05. The summed E-state index contributed by atoms with van der Waals surface area (Å²) in [6.07, 6.45) is 1.25. The third-order valence-corrected chi connectivity index (χ3v) is 1.06. The van der Waals surface area contributed by atoms with E-state index in [1.54, 1.807) is 18.2 Å². The molecule has 0 aliphatic rings. The monoisotopic (exact) mass is 170 g/mol. The normalized spacial score (nSPS) is 8.33. The molecule has 0 bridgehead atoms. The average molecular weight is 170 g/mol. The molecule has 0 unspecified atom stereocenters. The van der Waals surface area contributed by atoms with Crippen molar-refractivity contribution in [1.29, 1.82) is 0 Å². The first-order valence-electron chi connectivity index (χ1n) is 4.04. The molecular formula is C10H15FO. The molecule has 0 amide bonds. The first-order valence-corrected chi connectivity index (χ1v) is 4.04. The molecule has 0 aromatic heterocycles. The van der Waals surface area contributed by atoms with E-state index in [2.05, 4.69) is 18.6 Å². The SMILES string of the molecule is CCC.COc1ccccc1F. The van der Waals surface area contributed by atoms with Gasteiger partial charge in [-0.3, -0.25) is 0 Å². The van der Waals surface area contributed by atoms with E-state index in [4.69, 9.17) is 0 Å². The Morgan fingerprint density at radius 1 is 1.25 bits per heavy atom. The molecule has 0 N–H and O–H groups in total. The lowest BCUT2D eigenvalue weighted by Gasteiger charge is -1.97. The molecule has 0 saturated carbocycles. The third kappa shape index (κ3) is 3.96. The van der Waals surface area contributed by atoms with Gasteiger partial charge in [-0.15, -0.1) is 0 Å². The Kier molecular flexibility index (Phi) is 6.07. The second-order valence-electron chi connectivity index (χ2n) is 2.34.